The van der Waals surface area contributed by atoms with E-state index in [9.17, 15) is 19.1 Å². The number of carbonyl (C=O) groups is 2. The molecule has 1 saturated carbocycles. The summed E-state index contributed by atoms with van der Waals surface area (Å²) in [5.41, 5.74) is -0.959. The van der Waals surface area contributed by atoms with E-state index in [0.717, 1.165) is 0 Å². The van der Waals surface area contributed by atoms with Crippen LogP contribution in [0.4, 0.5) is 10.2 Å². The minimum atomic E-state index is -1.30. The number of carbonyl (C=O) groups excluding carboxylic acids is 1. The van der Waals surface area contributed by atoms with Crippen LogP contribution in [0.15, 0.2) is 24.3 Å². The van der Waals surface area contributed by atoms with Gasteiger partial charge in [-0.1, -0.05) is 11.6 Å². The molecule has 0 unspecified atom stereocenters. The van der Waals surface area contributed by atoms with Crippen molar-refractivity contribution >= 4 is 29.3 Å². The Kier molecular flexibility index (Phi) is 4.22. The molecule has 2 aliphatic rings. The van der Waals surface area contributed by atoms with Crippen molar-refractivity contribution in [3.63, 3.8) is 0 Å². The number of aromatic nitrogens is 2. The standard InChI is InChI=1S/C18H15ClFN3O4/c19-11-4-3-10(8-12(11)20)16-21-13(23-7-1-2-15(23)24)9-14(22-16)27-18(5-6-18)17(25)26/h3-4,8-9H,1-2,5-7H2,(H,25,26). The molecule has 0 bridgehead atoms. The van der Waals surface area contributed by atoms with Crippen molar-refractivity contribution in [1.29, 1.82) is 0 Å². The van der Waals surface area contributed by atoms with E-state index in [2.05, 4.69) is 9.97 Å². The van der Waals surface area contributed by atoms with Crippen LogP contribution < -0.4 is 9.64 Å². The molecule has 1 saturated heterocycles. The number of halogens is 2. The number of nitrogens with zero attached hydrogens (tertiary/aromatic N) is 3. The quantitative estimate of drug-likeness (QED) is 0.842. The molecule has 2 aromatic rings. The molecule has 140 valence electrons. The third-order valence-corrected chi connectivity index (χ3v) is 4.92. The van der Waals surface area contributed by atoms with Gasteiger partial charge in [-0.25, -0.2) is 14.2 Å². The third-order valence-electron chi connectivity index (χ3n) is 4.61. The average molecular weight is 392 g/mol. The minimum absolute atomic E-state index is 0.0324. The van der Waals surface area contributed by atoms with E-state index in [4.69, 9.17) is 16.3 Å². The van der Waals surface area contributed by atoms with Crippen molar-refractivity contribution in [1.82, 2.24) is 9.97 Å². The largest absolute Gasteiger partial charge is 0.478 e. The number of ether oxygens (including phenoxy) is 1. The molecule has 2 heterocycles. The lowest BCUT2D eigenvalue weighted by atomic mass is 10.2. The van der Waals surface area contributed by atoms with Gasteiger partial charge in [0.25, 0.3) is 0 Å². The second-order valence-electron chi connectivity index (χ2n) is 6.57. The van der Waals surface area contributed by atoms with Gasteiger partial charge in [-0.2, -0.15) is 4.98 Å². The Labute approximate surface area is 158 Å². The number of amides is 1. The zero-order valence-electron chi connectivity index (χ0n) is 14.1. The van der Waals surface area contributed by atoms with Crippen LogP contribution in [0.1, 0.15) is 25.7 Å². The van der Waals surface area contributed by atoms with E-state index in [0.29, 0.717) is 43.6 Å². The van der Waals surface area contributed by atoms with Crippen LogP contribution in [0.25, 0.3) is 11.4 Å². The van der Waals surface area contributed by atoms with E-state index < -0.39 is 17.4 Å². The number of anilines is 1. The first-order chi connectivity index (χ1) is 12.9. The molecular weight excluding hydrogens is 377 g/mol. The highest BCUT2D eigenvalue weighted by Crippen LogP contribution is 2.41. The molecular formula is C18H15ClFN3O4. The molecule has 27 heavy (non-hydrogen) atoms. The van der Waals surface area contributed by atoms with Crippen LogP contribution in [0.2, 0.25) is 5.02 Å². The van der Waals surface area contributed by atoms with Gasteiger partial charge >= 0.3 is 5.97 Å². The summed E-state index contributed by atoms with van der Waals surface area (Å²) in [7, 11) is 0. The summed E-state index contributed by atoms with van der Waals surface area (Å²) < 4.78 is 19.5. The molecule has 7 nitrogen and oxygen atoms in total. The fourth-order valence-corrected chi connectivity index (χ4v) is 3.05. The SMILES string of the molecule is O=C1CCCN1c1cc(OC2(C(=O)O)CC2)nc(-c2ccc(Cl)c(F)c2)n1. The Hall–Kier alpha value is -2.74. The first kappa shape index (κ1) is 17.7. The van der Waals surface area contributed by atoms with E-state index in [1.54, 1.807) is 6.07 Å². The van der Waals surface area contributed by atoms with Gasteiger partial charge in [0.2, 0.25) is 17.4 Å². The maximum Gasteiger partial charge on any atom is 0.348 e. The number of carboxylic acids is 1. The van der Waals surface area contributed by atoms with Crippen molar-refractivity contribution in [3.05, 3.63) is 35.1 Å². The van der Waals surface area contributed by atoms with Crippen LogP contribution in [0.3, 0.4) is 0 Å². The summed E-state index contributed by atoms with van der Waals surface area (Å²) in [4.78, 5) is 33.6. The number of aliphatic carboxylic acids is 1. The number of rotatable bonds is 5. The second-order valence-corrected chi connectivity index (χ2v) is 6.97. The molecule has 1 N–H and O–H groups in total. The Morgan fingerprint density at radius 3 is 2.67 bits per heavy atom. The molecule has 2 fully saturated rings. The molecule has 1 aliphatic carbocycles. The molecule has 1 aromatic heterocycles. The fraction of sp³-hybridized carbons (Fsp3) is 0.333. The first-order valence-corrected chi connectivity index (χ1v) is 8.83. The topological polar surface area (TPSA) is 92.6 Å². The summed E-state index contributed by atoms with van der Waals surface area (Å²) in [6.07, 6.45) is 1.84. The maximum absolute atomic E-state index is 13.9. The molecule has 0 radical (unpaired) electrons. The molecule has 1 aromatic carbocycles. The van der Waals surface area contributed by atoms with Gasteiger partial charge in [0, 0.05) is 37.4 Å². The van der Waals surface area contributed by atoms with Gasteiger partial charge in [-0.05, 0) is 24.6 Å². The van der Waals surface area contributed by atoms with E-state index in [1.165, 1.54) is 23.1 Å². The Morgan fingerprint density at radius 2 is 2.07 bits per heavy atom. The normalized spacial score (nSPS) is 17.9. The van der Waals surface area contributed by atoms with Crippen molar-refractivity contribution < 1.29 is 23.8 Å². The highest BCUT2D eigenvalue weighted by atomic mass is 35.5. The second kappa shape index (κ2) is 6.45. The summed E-state index contributed by atoms with van der Waals surface area (Å²) in [5, 5.41) is 9.31. The van der Waals surface area contributed by atoms with E-state index >= 15 is 0 Å². The van der Waals surface area contributed by atoms with Gasteiger partial charge in [0.05, 0.1) is 5.02 Å². The van der Waals surface area contributed by atoms with Crippen molar-refractivity contribution in [3.8, 4) is 17.3 Å². The smallest absolute Gasteiger partial charge is 0.348 e. The summed E-state index contributed by atoms with van der Waals surface area (Å²) in [6, 6.07) is 5.55. The van der Waals surface area contributed by atoms with Gasteiger partial charge in [0.15, 0.2) is 5.82 Å². The zero-order valence-corrected chi connectivity index (χ0v) is 14.9. The van der Waals surface area contributed by atoms with Crippen LogP contribution in [-0.4, -0.2) is 39.1 Å². The maximum atomic E-state index is 13.9. The lowest BCUT2D eigenvalue weighted by Gasteiger charge is -2.18. The Morgan fingerprint density at radius 1 is 1.30 bits per heavy atom. The first-order valence-electron chi connectivity index (χ1n) is 8.45. The van der Waals surface area contributed by atoms with Crippen molar-refractivity contribution in [2.75, 3.05) is 11.4 Å². The van der Waals surface area contributed by atoms with Crippen LogP contribution in [0, 0.1) is 5.82 Å². The lowest BCUT2D eigenvalue weighted by molar-refractivity contribution is -0.147. The van der Waals surface area contributed by atoms with Gasteiger partial charge < -0.3 is 9.84 Å². The van der Waals surface area contributed by atoms with Crippen LogP contribution in [0.5, 0.6) is 5.88 Å². The monoisotopic (exact) mass is 391 g/mol. The summed E-state index contributed by atoms with van der Waals surface area (Å²) >= 11 is 5.72. The third kappa shape index (κ3) is 3.32. The highest BCUT2D eigenvalue weighted by Gasteiger charge is 2.54. The predicted molar refractivity (Wildman–Crippen MR) is 94.3 cm³/mol. The summed E-state index contributed by atoms with van der Waals surface area (Å²) in [5.74, 6) is -1.34. The number of benzene rings is 1. The van der Waals surface area contributed by atoms with Gasteiger partial charge in [-0.3, -0.25) is 9.69 Å². The minimum Gasteiger partial charge on any atom is -0.478 e. The van der Waals surface area contributed by atoms with Crippen molar-refractivity contribution in [2.24, 2.45) is 0 Å². The molecule has 4 rings (SSSR count). The van der Waals surface area contributed by atoms with Gasteiger partial charge in [-0.15, -0.1) is 0 Å². The lowest BCUT2D eigenvalue weighted by Crippen LogP contribution is -2.30. The highest BCUT2D eigenvalue weighted by molar-refractivity contribution is 6.30. The molecule has 1 amide bonds. The van der Waals surface area contributed by atoms with Crippen LogP contribution >= 0.6 is 11.6 Å². The van der Waals surface area contributed by atoms with E-state index in [-0.39, 0.29) is 22.6 Å². The average Bonchev–Trinajstić information content (AvgIpc) is 3.29. The zero-order chi connectivity index (χ0) is 19.2. The molecule has 1 aliphatic heterocycles. The summed E-state index contributed by atoms with van der Waals surface area (Å²) in [6.45, 7) is 0.494. The number of hydrogen-bond donors (Lipinski definition) is 1. The fourth-order valence-electron chi connectivity index (χ4n) is 2.93. The molecule has 0 spiro atoms. The number of carboxylic acid groups (broad SMARTS) is 1. The molecule has 9 heteroatoms. The van der Waals surface area contributed by atoms with E-state index in [1.807, 2.05) is 0 Å². The molecule has 0 atom stereocenters. The predicted octanol–water partition coefficient (Wildman–Crippen LogP) is 3.06. The Balaban J connectivity index is 1.77. The Bertz CT molecular complexity index is 948. The number of hydrogen-bond acceptors (Lipinski definition) is 5. The van der Waals surface area contributed by atoms with Crippen LogP contribution in [-0.2, 0) is 9.59 Å². The van der Waals surface area contributed by atoms with Crippen molar-refractivity contribution in [2.45, 2.75) is 31.3 Å². The van der Waals surface area contributed by atoms with Gasteiger partial charge in [0.1, 0.15) is 11.6 Å².